The summed E-state index contributed by atoms with van der Waals surface area (Å²) in [5.41, 5.74) is 2.95. The van der Waals surface area contributed by atoms with Gasteiger partial charge in [0.1, 0.15) is 23.3 Å². The highest BCUT2D eigenvalue weighted by Gasteiger charge is 2.55. The van der Waals surface area contributed by atoms with Crippen molar-refractivity contribution in [3.05, 3.63) is 53.3 Å². The quantitative estimate of drug-likeness (QED) is 0.186. The highest BCUT2D eigenvalue weighted by molar-refractivity contribution is 6.28. The van der Waals surface area contributed by atoms with Gasteiger partial charge in [-0.05, 0) is 24.1 Å². The molecular formula is C21H22ClN9O6. The second-order valence-electron chi connectivity index (χ2n) is 8.74. The molecule has 0 radical (unpaired) electrons. The molecule has 5 atom stereocenters. The summed E-state index contributed by atoms with van der Waals surface area (Å²) in [5, 5.41) is 45.6. The largest absolute Gasteiger partial charge is 0.479 e. The number of imidazole rings is 1. The average Bonchev–Trinajstić information content (AvgIpc) is 3.58. The summed E-state index contributed by atoms with van der Waals surface area (Å²) < 4.78 is 13.2. The lowest BCUT2D eigenvalue weighted by Crippen LogP contribution is -2.47. The Bertz CT molecular complexity index is 1420. The number of rotatable bonds is 8. The van der Waals surface area contributed by atoms with E-state index in [0.29, 0.717) is 5.56 Å². The Morgan fingerprint density at radius 2 is 2.11 bits per heavy atom. The van der Waals surface area contributed by atoms with E-state index in [4.69, 9.17) is 26.8 Å². The molecule has 194 valence electrons. The molecule has 0 aliphatic carbocycles. The molecule has 1 fully saturated rings. The number of ether oxygens (including phenoxy) is 2. The van der Waals surface area contributed by atoms with Crippen molar-refractivity contribution in [1.29, 1.82) is 0 Å². The lowest BCUT2D eigenvalue weighted by Gasteiger charge is -2.29. The number of aliphatic hydroxyl groups is 2. The molecule has 3 aromatic heterocycles. The molecule has 16 heteroatoms. The number of tetrazole rings is 1. The molecule has 1 unspecified atom stereocenters. The number of nitrogens with two attached hydrogens (primary N) is 1. The smallest absolute Gasteiger partial charge is 0.344 e. The van der Waals surface area contributed by atoms with E-state index < -0.39 is 42.2 Å². The van der Waals surface area contributed by atoms with Gasteiger partial charge in [-0.25, -0.2) is 9.78 Å². The van der Waals surface area contributed by atoms with E-state index in [1.54, 1.807) is 30.3 Å². The Hall–Kier alpha value is -3.76. The zero-order valence-corrected chi connectivity index (χ0v) is 20.0. The van der Waals surface area contributed by atoms with Crippen LogP contribution in [-0.4, -0.2) is 85.8 Å². The topological polar surface area (TPSA) is 220 Å². The first-order valence-electron chi connectivity index (χ1n) is 11.0. The van der Waals surface area contributed by atoms with E-state index >= 15 is 0 Å². The number of aliphatic hydroxyl groups excluding tert-OH is 1. The van der Waals surface area contributed by atoms with Crippen LogP contribution in [0.3, 0.4) is 0 Å². The first kappa shape index (κ1) is 24.9. The molecule has 1 aliphatic heterocycles. The lowest BCUT2D eigenvalue weighted by molar-refractivity contribution is -0.177. The summed E-state index contributed by atoms with van der Waals surface area (Å²) in [7, 11) is 0. The van der Waals surface area contributed by atoms with E-state index in [9.17, 15) is 20.1 Å². The van der Waals surface area contributed by atoms with Crippen molar-refractivity contribution in [2.24, 2.45) is 0 Å². The monoisotopic (exact) mass is 531 g/mol. The van der Waals surface area contributed by atoms with Gasteiger partial charge in [-0.15, -0.1) is 10.2 Å². The van der Waals surface area contributed by atoms with E-state index in [1.807, 2.05) is 0 Å². The van der Waals surface area contributed by atoms with Crippen LogP contribution in [0.4, 0.5) is 5.82 Å². The third-order valence-corrected chi connectivity index (χ3v) is 6.44. The number of nitrogen functional groups attached to an aromatic ring is 1. The Morgan fingerprint density at radius 1 is 1.35 bits per heavy atom. The first-order chi connectivity index (χ1) is 17.6. The SMILES string of the molecule is C[C@@]1(O)[C@H](O)[C@@H](COC(Cc2ccccc2)(C(=O)O)c2nn[nH]n2)O[C@H]1n1cnc2c(N)nc(Cl)nc21. The van der Waals surface area contributed by atoms with Crippen molar-refractivity contribution in [3.8, 4) is 0 Å². The van der Waals surface area contributed by atoms with E-state index in [-0.39, 0.29) is 34.5 Å². The van der Waals surface area contributed by atoms with Crippen LogP contribution in [0, 0.1) is 0 Å². The van der Waals surface area contributed by atoms with Crippen molar-refractivity contribution in [2.45, 2.75) is 43.0 Å². The number of aliphatic carboxylic acids is 1. The van der Waals surface area contributed by atoms with Crippen LogP contribution < -0.4 is 5.73 Å². The van der Waals surface area contributed by atoms with Gasteiger partial charge in [0.2, 0.25) is 16.7 Å². The minimum absolute atomic E-state index is 0.0269. The van der Waals surface area contributed by atoms with Gasteiger partial charge in [0, 0.05) is 6.42 Å². The number of carboxylic acids is 1. The number of aromatic amines is 1. The number of aromatic nitrogens is 8. The zero-order chi connectivity index (χ0) is 26.4. The van der Waals surface area contributed by atoms with Crippen LogP contribution in [0.25, 0.3) is 11.2 Å². The van der Waals surface area contributed by atoms with Gasteiger partial charge in [0.05, 0.1) is 12.9 Å². The van der Waals surface area contributed by atoms with Crippen LogP contribution in [0.15, 0.2) is 36.7 Å². The number of hydrogen-bond donors (Lipinski definition) is 5. The van der Waals surface area contributed by atoms with Gasteiger partial charge in [-0.2, -0.15) is 15.2 Å². The number of nitrogens with one attached hydrogen (secondary N) is 1. The normalized spacial score (nSPS) is 25.4. The van der Waals surface area contributed by atoms with Gasteiger partial charge >= 0.3 is 5.97 Å². The van der Waals surface area contributed by atoms with Crippen molar-refractivity contribution >= 4 is 34.6 Å². The fourth-order valence-electron chi connectivity index (χ4n) is 4.33. The lowest BCUT2D eigenvalue weighted by atomic mass is 9.92. The minimum atomic E-state index is -2.07. The van der Waals surface area contributed by atoms with Crippen LogP contribution >= 0.6 is 11.6 Å². The Kier molecular flexibility index (Phi) is 6.25. The number of carboxylic acid groups (broad SMARTS) is 1. The molecule has 1 saturated heterocycles. The third-order valence-electron chi connectivity index (χ3n) is 6.27. The summed E-state index contributed by atoms with van der Waals surface area (Å²) >= 11 is 5.94. The number of fused-ring (bicyclic) bond motifs is 1. The second-order valence-corrected chi connectivity index (χ2v) is 9.08. The summed E-state index contributed by atoms with van der Waals surface area (Å²) in [5.74, 6) is -1.57. The molecule has 37 heavy (non-hydrogen) atoms. The van der Waals surface area contributed by atoms with E-state index in [2.05, 4.69) is 35.6 Å². The van der Waals surface area contributed by atoms with Gasteiger partial charge in [-0.1, -0.05) is 35.5 Å². The number of hydrogen-bond acceptors (Lipinski definition) is 12. The number of benzene rings is 1. The molecule has 4 aromatic rings. The highest BCUT2D eigenvalue weighted by atomic mass is 35.5. The number of carbonyl (C=O) groups is 1. The fourth-order valence-corrected chi connectivity index (χ4v) is 4.50. The molecule has 1 aliphatic rings. The van der Waals surface area contributed by atoms with Crippen molar-refractivity contribution in [3.63, 3.8) is 0 Å². The Balaban J connectivity index is 1.45. The van der Waals surface area contributed by atoms with Gasteiger partial charge in [-0.3, -0.25) is 4.57 Å². The van der Waals surface area contributed by atoms with E-state index in [1.165, 1.54) is 17.8 Å². The van der Waals surface area contributed by atoms with Crippen molar-refractivity contribution in [1.82, 2.24) is 40.1 Å². The molecule has 0 spiro atoms. The molecule has 4 heterocycles. The van der Waals surface area contributed by atoms with Crippen molar-refractivity contribution in [2.75, 3.05) is 12.3 Å². The molecule has 6 N–H and O–H groups in total. The Labute approximate surface area is 213 Å². The summed E-state index contributed by atoms with van der Waals surface area (Å²) in [6.07, 6.45) is -2.71. The van der Waals surface area contributed by atoms with Gasteiger partial charge < -0.3 is 30.5 Å². The number of H-pyrrole nitrogens is 1. The third kappa shape index (κ3) is 4.25. The maximum atomic E-state index is 12.5. The summed E-state index contributed by atoms with van der Waals surface area (Å²) in [6, 6.07) is 8.75. The fraction of sp³-hybridized carbons (Fsp3) is 0.381. The van der Waals surface area contributed by atoms with Crippen LogP contribution in [-0.2, 0) is 26.3 Å². The number of nitrogens with zero attached hydrogens (tertiary/aromatic N) is 7. The van der Waals surface area contributed by atoms with Gasteiger partial charge in [0.25, 0.3) is 0 Å². The van der Waals surface area contributed by atoms with Crippen molar-refractivity contribution < 1.29 is 29.6 Å². The predicted octanol–water partition coefficient (Wildman–Crippen LogP) is -0.176. The average molecular weight is 532 g/mol. The summed E-state index contributed by atoms with van der Waals surface area (Å²) in [4.78, 5) is 24.7. The maximum Gasteiger partial charge on any atom is 0.344 e. The molecule has 5 rings (SSSR count). The molecule has 1 aromatic carbocycles. The van der Waals surface area contributed by atoms with Gasteiger partial charge in [0.15, 0.2) is 17.7 Å². The zero-order valence-electron chi connectivity index (χ0n) is 19.3. The Morgan fingerprint density at radius 3 is 2.78 bits per heavy atom. The van der Waals surface area contributed by atoms with E-state index in [0.717, 1.165) is 0 Å². The minimum Gasteiger partial charge on any atom is -0.479 e. The van der Waals surface area contributed by atoms with Crippen LogP contribution in [0.2, 0.25) is 5.28 Å². The first-order valence-corrected chi connectivity index (χ1v) is 11.4. The van der Waals surface area contributed by atoms with Crippen LogP contribution in [0.5, 0.6) is 0 Å². The molecule has 0 bridgehead atoms. The second kappa shape index (κ2) is 9.28. The molecule has 0 saturated carbocycles. The standard InChI is InChI=1S/C21H22ClN9O6/c1-20(35)13(32)11(37-17(20)31-9-24-12-14(23)25-19(22)26-15(12)31)8-36-21(18(33)34,16-27-29-30-28-16)7-10-5-3-2-4-6-10/h2-6,9,11,13,17,32,35H,7-8H2,1H3,(H,33,34)(H2,23,25,26)(H,27,28,29,30)/t11-,13-,17-,20-,21?/m1/s1. The number of halogens is 1. The predicted molar refractivity (Wildman–Crippen MR) is 125 cm³/mol. The molecule has 0 amide bonds. The number of anilines is 1. The van der Waals surface area contributed by atoms with Crippen LogP contribution in [0.1, 0.15) is 24.5 Å². The highest BCUT2D eigenvalue weighted by Crippen LogP contribution is 2.41. The molecular weight excluding hydrogens is 510 g/mol. The maximum absolute atomic E-state index is 12.5. The molecule has 15 nitrogen and oxygen atoms in total. The summed E-state index contributed by atoms with van der Waals surface area (Å²) in [6.45, 7) is 0.903.